The van der Waals surface area contributed by atoms with Gasteiger partial charge in [-0.1, -0.05) is 49.1 Å². The van der Waals surface area contributed by atoms with Gasteiger partial charge in [-0.15, -0.1) is 0 Å². The number of nitrogens with zero attached hydrogens (tertiary/aromatic N) is 3. The maximum Gasteiger partial charge on any atom is 0.220 e. The molecule has 30 heavy (non-hydrogen) atoms. The average molecular weight is 388 g/mol. The van der Waals surface area contributed by atoms with Gasteiger partial charge in [-0.3, -0.25) is 8.97 Å². The summed E-state index contributed by atoms with van der Waals surface area (Å²) in [7, 11) is 0. The van der Waals surface area contributed by atoms with E-state index >= 15 is 0 Å². The van der Waals surface area contributed by atoms with Gasteiger partial charge in [0.25, 0.3) is 0 Å². The number of hydrogen-bond acceptors (Lipinski definition) is 1. The molecule has 144 valence electrons. The number of benzene rings is 3. The van der Waals surface area contributed by atoms with E-state index in [1.165, 1.54) is 0 Å². The molecule has 0 saturated carbocycles. The second-order valence-corrected chi connectivity index (χ2v) is 7.45. The maximum absolute atomic E-state index is 5.08. The van der Waals surface area contributed by atoms with Crippen LogP contribution in [-0.4, -0.2) is 18.9 Å². The molecule has 6 rings (SSSR count). The van der Waals surface area contributed by atoms with Gasteiger partial charge in [0.2, 0.25) is 5.78 Å². The van der Waals surface area contributed by atoms with Gasteiger partial charge in [0.1, 0.15) is 0 Å². The third-order valence-electron chi connectivity index (χ3n) is 5.74. The Bertz CT molecular complexity index is 1610. The Morgan fingerprint density at radius 2 is 1.70 bits per heavy atom. The molecule has 0 aliphatic rings. The molecule has 0 amide bonds. The Labute approximate surface area is 173 Å². The van der Waals surface area contributed by atoms with Crippen LogP contribution in [0.1, 0.15) is 18.2 Å². The van der Waals surface area contributed by atoms with Gasteiger partial charge in [0.15, 0.2) is 0 Å². The van der Waals surface area contributed by atoms with E-state index in [0.717, 1.165) is 55.7 Å². The van der Waals surface area contributed by atoms with Crippen molar-refractivity contribution in [3.05, 3.63) is 90.6 Å². The summed E-state index contributed by atoms with van der Waals surface area (Å²) >= 11 is 0. The highest BCUT2D eigenvalue weighted by Gasteiger charge is 2.18. The van der Waals surface area contributed by atoms with Gasteiger partial charge in [-0.2, -0.15) is 0 Å². The van der Waals surface area contributed by atoms with E-state index in [4.69, 9.17) is 4.98 Å². The summed E-state index contributed by atoms with van der Waals surface area (Å²) in [6.07, 6.45) is 6.05. The number of fused-ring (bicyclic) bond motifs is 6. The van der Waals surface area contributed by atoms with Crippen LogP contribution in [0.15, 0.2) is 79.4 Å². The highest BCUT2D eigenvalue weighted by molar-refractivity contribution is 6.03. The molecule has 0 unspecified atom stereocenters. The van der Waals surface area contributed by atoms with Gasteiger partial charge in [0.05, 0.1) is 22.1 Å². The van der Waals surface area contributed by atoms with Crippen molar-refractivity contribution >= 4 is 50.9 Å². The average Bonchev–Trinajstić information content (AvgIpc) is 3.41. The van der Waals surface area contributed by atoms with Crippen LogP contribution in [0.3, 0.4) is 0 Å². The van der Waals surface area contributed by atoms with E-state index in [1.54, 1.807) is 0 Å². The molecular formula is C26H20N4. The van der Waals surface area contributed by atoms with Gasteiger partial charge >= 0.3 is 0 Å². The summed E-state index contributed by atoms with van der Waals surface area (Å²) in [5.74, 6) is 0.918. The van der Waals surface area contributed by atoms with Crippen LogP contribution in [0.4, 0.5) is 0 Å². The van der Waals surface area contributed by atoms with E-state index in [2.05, 4.69) is 93.3 Å². The van der Waals surface area contributed by atoms with Crippen LogP contribution in [0.25, 0.3) is 56.6 Å². The summed E-state index contributed by atoms with van der Waals surface area (Å²) in [5.41, 5.74) is 8.72. The highest BCUT2D eigenvalue weighted by atomic mass is 15.2. The fourth-order valence-electron chi connectivity index (χ4n) is 4.47. The standard InChI is InChI=1S/C26H20N4/c1-3-10-18-19-15-22-25(16-21(19)27-20(18)4-2)30-24-14-9-8-13-23(24)29(26(30)28-22)17-11-6-5-7-12-17/h3-16,27H,2H2,1H3/b10-3-. The minimum atomic E-state index is 0.918. The first-order chi connectivity index (χ1) is 14.8. The third-order valence-corrected chi connectivity index (χ3v) is 5.74. The van der Waals surface area contributed by atoms with Gasteiger partial charge < -0.3 is 4.98 Å². The predicted octanol–water partition coefficient (Wildman–Crippen LogP) is 6.59. The summed E-state index contributed by atoms with van der Waals surface area (Å²) in [4.78, 5) is 8.59. The second-order valence-electron chi connectivity index (χ2n) is 7.45. The van der Waals surface area contributed by atoms with Gasteiger partial charge in [-0.05, 0) is 49.4 Å². The molecule has 0 atom stereocenters. The number of para-hydroxylation sites is 3. The Morgan fingerprint density at radius 3 is 2.47 bits per heavy atom. The van der Waals surface area contributed by atoms with E-state index in [0.29, 0.717) is 0 Å². The second kappa shape index (κ2) is 6.22. The van der Waals surface area contributed by atoms with Crippen LogP contribution >= 0.6 is 0 Å². The monoisotopic (exact) mass is 388 g/mol. The molecule has 0 bridgehead atoms. The molecule has 4 nitrogen and oxygen atoms in total. The van der Waals surface area contributed by atoms with Crippen molar-refractivity contribution in [2.45, 2.75) is 6.92 Å². The summed E-state index contributed by atoms with van der Waals surface area (Å²) in [5, 5.41) is 1.16. The Morgan fingerprint density at radius 1 is 0.933 bits per heavy atom. The van der Waals surface area contributed by atoms with Crippen LogP contribution < -0.4 is 0 Å². The molecule has 0 spiro atoms. The first kappa shape index (κ1) is 16.9. The summed E-state index contributed by atoms with van der Waals surface area (Å²) < 4.78 is 4.48. The van der Waals surface area contributed by atoms with E-state index in [1.807, 2.05) is 19.1 Å². The van der Waals surface area contributed by atoms with Crippen molar-refractivity contribution in [1.29, 1.82) is 0 Å². The number of hydrogen-bond donors (Lipinski definition) is 1. The normalized spacial score (nSPS) is 12.2. The number of rotatable bonds is 3. The Balaban J connectivity index is 1.79. The lowest BCUT2D eigenvalue weighted by molar-refractivity contribution is 1.11. The SMILES string of the molecule is C=Cc1[nH]c2cc3c(cc2c1/C=C\C)nc1n(-c2ccccc2)c2ccccc2n31. The largest absolute Gasteiger partial charge is 0.354 e. The number of imidazole rings is 2. The van der Waals surface area contributed by atoms with Crippen molar-refractivity contribution in [3.63, 3.8) is 0 Å². The fraction of sp³-hybridized carbons (Fsp3) is 0.0385. The van der Waals surface area contributed by atoms with Crippen LogP contribution in [-0.2, 0) is 0 Å². The van der Waals surface area contributed by atoms with Gasteiger partial charge in [0, 0.05) is 27.8 Å². The lowest BCUT2D eigenvalue weighted by atomic mass is 10.1. The minimum Gasteiger partial charge on any atom is -0.354 e. The molecule has 3 aromatic heterocycles. The minimum absolute atomic E-state index is 0.918. The third kappa shape index (κ3) is 2.19. The maximum atomic E-state index is 5.08. The van der Waals surface area contributed by atoms with Crippen molar-refractivity contribution in [3.8, 4) is 5.69 Å². The molecule has 3 heterocycles. The first-order valence-corrected chi connectivity index (χ1v) is 10.1. The van der Waals surface area contributed by atoms with E-state index in [-0.39, 0.29) is 0 Å². The zero-order chi connectivity index (χ0) is 20.2. The lowest BCUT2D eigenvalue weighted by Gasteiger charge is -2.04. The smallest absolute Gasteiger partial charge is 0.220 e. The van der Waals surface area contributed by atoms with Gasteiger partial charge in [-0.25, -0.2) is 4.98 Å². The Kier molecular flexibility index (Phi) is 3.50. The van der Waals surface area contributed by atoms with E-state index < -0.39 is 0 Å². The fourth-order valence-corrected chi connectivity index (χ4v) is 4.47. The van der Waals surface area contributed by atoms with Crippen molar-refractivity contribution < 1.29 is 0 Å². The predicted molar refractivity (Wildman–Crippen MR) is 126 cm³/mol. The molecule has 0 radical (unpaired) electrons. The van der Waals surface area contributed by atoms with Crippen LogP contribution in [0, 0.1) is 0 Å². The molecule has 6 aromatic rings. The van der Waals surface area contributed by atoms with Crippen LogP contribution in [0.2, 0.25) is 0 Å². The molecular weight excluding hydrogens is 368 g/mol. The number of allylic oxidation sites excluding steroid dienone is 1. The summed E-state index contributed by atoms with van der Waals surface area (Å²) in [6.45, 7) is 6.00. The number of aromatic nitrogens is 4. The number of H-pyrrole nitrogens is 1. The summed E-state index contributed by atoms with van der Waals surface area (Å²) in [6, 6.07) is 23.2. The number of nitrogens with one attached hydrogen (secondary N) is 1. The zero-order valence-electron chi connectivity index (χ0n) is 16.6. The van der Waals surface area contributed by atoms with Crippen molar-refractivity contribution in [2.75, 3.05) is 0 Å². The topological polar surface area (TPSA) is 38.0 Å². The quantitative estimate of drug-likeness (QED) is 0.365. The number of aromatic amines is 1. The zero-order valence-corrected chi connectivity index (χ0v) is 16.6. The van der Waals surface area contributed by atoms with Crippen LogP contribution in [0.5, 0.6) is 0 Å². The molecule has 0 fully saturated rings. The molecule has 0 saturated heterocycles. The molecule has 3 aromatic carbocycles. The van der Waals surface area contributed by atoms with E-state index in [9.17, 15) is 0 Å². The molecule has 0 aliphatic carbocycles. The Hall–Kier alpha value is -4.05. The first-order valence-electron chi connectivity index (χ1n) is 10.1. The molecule has 1 N–H and O–H groups in total. The highest BCUT2D eigenvalue weighted by Crippen LogP contribution is 2.33. The molecule has 4 heteroatoms. The van der Waals surface area contributed by atoms with Crippen molar-refractivity contribution in [1.82, 2.24) is 18.9 Å². The lowest BCUT2D eigenvalue weighted by Crippen LogP contribution is -1.94. The van der Waals surface area contributed by atoms with Crippen molar-refractivity contribution in [2.24, 2.45) is 0 Å². The molecule has 0 aliphatic heterocycles.